The van der Waals surface area contributed by atoms with Gasteiger partial charge < -0.3 is 10.2 Å². The number of furan rings is 1. The molecule has 1 saturated carbocycles. The van der Waals surface area contributed by atoms with Crippen molar-refractivity contribution in [3.8, 4) is 0 Å². The van der Waals surface area contributed by atoms with Crippen molar-refractivity contribution in [3.63, 3.8) is 0 Å². The number of nitrogens with zero attached hydrogens (tertiary/aromatic N) is 1. The van der Waals surface area contributed by atoms with Crippen LogP contribution >= 0.6 is 0 Å². The lowest BCUT2D eigenvalue weighted by molar-refractivity contribution is 0.132. The lowest BCUT2D eigenvalue weighted by Gasteiger charge is -2.33. The first kappa shape index (κ1) is 12.7. The van der Waals surface area contributed by atoms with E-state index in [0.717, 1.165) is 24.0 Å². The minimum atomic E-state index is 0.226. The molecule has 1 fully saturated rings. The van der Waals surface area contributed by atoms with Gasteiger partial charge in [0.2, 0.25) is 0 Å². The molecule has 0 amide bonds. The molecule has 2 N–H and O–H groups in total. The molecular formula is C14H24N2O. The smallest absolute Gasteiger partial charge is 0.122 e. The van der Waals surface area contributed by atoms with Gasteiger partial charge in [-0.15, -0.1) is 0 Å². The quantitative estimate of drug-likeness (QED) is 0.825. The van der Waals surface area contributed by atoms with Gasteiger partial charge in [0.1, 0.15) is 11.5 Å². The topological polar surface area (TPSA) is 42.4 Å². The van der Waals surface area contributed by atoms with Gasteiger partial charge in [-0.25, -0.2) is 0 Å². The molecule has 0 saturated heterocycles. The lowest BCUT2D eigenvalue weighted by atomic mass is 10.1. The second kappa shape index (κ2) is 5.23. The molecular weight excluding hydrogens is 212 g/mol. The van der Waals surface area contributed by atoms with Crippen molar-refractivity contribution in [1.82, 2.24) is 4.90 Å². The number of nitrogens with two attached hydrogens (primary N) is 1. The number of aryl methyl sites for hydroxylation is 1. The molecule has 0 aromatic carbocycles. The van der Waals surface area contributed by atoms with E-state index in [0.29, 0.717) is 12.6 Å². The van der Waals surface area contributed by atoms with Crippen molar-refractivity contribution in [2.75, 3.05) is 13.1 Å². The van der Waals surface area contributed by atoms with E-state index in [9.17, 15) is 0 Å². The molecule has 1 aromatic rings. The van der Waals surface area contributed by atoms with E-state index in [1.807, 2.05) is 13.0 Å². The molecule has 1 unspecified atom stereocenters. The van der Waals surface area contributed by atoms with E-state index < -0.39 is 0 Å². The Bertz CT molecular complexity index is 355. The molecule has 1 atom stereocenters. The standard InChI is InChI=1S/C14H24N2O/c1-10(2)16(9-12-5-6-12)13(8-15)14-7-4-11(3)17-14/h4,7,10,12-13H,5-6,8-9,15H2,1-3H3. The molecule has 1 aliphatic rings. The van der Waals surface area contributed by atoms with Crippen LogP contribution in [0.1, 0.15) is 44.3 Å². The summed E-state index contributed by atoms with van der Waals surface area (Å²) in [4.78, 5) is 2.48. The van der Waals surface area contributed by atoms with Crippen molar-refractivity contribution >= 4 is 0 Å². The van der Waals surface area contributed by atoms with E-state index in [-0.39, 0.29) is 6.04 Å². The van der Waals surface area contributed by atoms with Crippen LogP contribution in [0.15, 0.2) is 16.5 Å². The van der Waals surface area contributed by atoms with E-state index in [2.05, 4.69) is 24.8 Å². The van der Waals surface area contributed by atoms with Gasteiger partial charge >= 0.3 is 0 Å². The van der Waals surface area contributed by atoms with Crippen molar-refractivity contribution in [3.05, 3.63) is 23.7 Å². The minimum Gasteiger partial charge on any atom is -0.465 e. The van der Waals surface area contributed by atoms with E-state index >= 15 is 0 Å². The van der Waals surface area contributed by atoms with Gasteiger partial charge in [-0.2, -0.15) is 0 Å². The fourth-order valence-electron chi connectivity index (χ4n) is 2.34. The van der Waals surface area contributed by atoms with Crippen LogP contribution in [0.4, 0.5) is 0 Å². The molecule has 3 nitrogen and oxygen atoms in total. The maximum absolute atomic E-state index is 5.95. The van der Waals surface area contributed by atoms with Crippen LogP contribution in [-0.2, 0) is 0 Å². The van der Waals surface area contributed by atoms with Crippen LogP contribution in [0.3, 0.4) is 0 Å². The first-order valence-electron chi connectivity index (χ1n) is 6.64. The van der Waals surface area contributed by atoms with Gasteiger partial charge in [-0.05, 0) is 51.7 Å². The van der Waals surface area contributed by atoms with Crippen LogP contribution in [0.25, 0.3) is 0 Å². The Morgan fingerprint density at radius 2 is 2.12 bits per heavy atom. The summed E-state index contributed by atoms with van der Waals surface area (Å²) in [6, 6.07) is 4.82. The summed E-state index contributed by atoms with van der Waals surface area (Å²) in [5, 5.41) is 0. The summed E-state index contributed by atoms with van der Waals surface area (Å²) >= 11 is 0. The first-order chi connectivity index (χ1) is 8.11. The third-order valence-electron chi connectivity index (χ3n) is 3.54. The Balaban J connectivity index is 2.12. The summed E-state index contributed by atoms with van der Waals surface area (Å²) in [5.74, 6) is 2.86. The van der Waals surface area contributed by atoms with Gasteiger partial charge in [0, 0.05) is 19.1 Å². The van der Waals surface area contributed by atoms with Gasteiger partial charge in [0.15, 0.2) is 0 Å². The van der Waals surface area contributed by atoms with E-state index in [1.54, 1.807) is 0 Å². The Kier molecular flexibility index (Phi) is 3.89. The van der Waals surface area contributed by atoms with Crippen LogP contribution in [0.5, 0.6) is 0 Å². The average molecular weight is 236 g/mol. The Morgan fingerprint density at radius 3 is 2.53 bits per heavy atom. The zero-order valence-electron chi connectivity index (χ0n) is 11.1. The predicted molar refractivity (Wildman–Crippen MR) is 69.8 cm³/mol. The number of rotatable bonds is 6. The van der Waals surface area contributed by atoms with Crippen molar-refractivity contribution in [2.45, 2.75) is 45.7 Å². The highest BCUT2D eigenvalue weighted by Gasteiger charge is 2.30. The summed E-state index contributed by atoms with van der Waals surface area (Å²) in [6.45, 7) is 8.23. The molecule has 0 bridgehead atoms. The highest BCUT2D eigenvalue weighted by atomic mass is 16.3. The first-order valence-corrected chi connectivity index (χ1v) is 6.64. The predicted octanol–water partition coefficient (Wildman–Crippen LogP) is 2.71. The molecule has 96 valence electrons. The number of hydrogen-bond donors (Lipinski definition) is 1. The van der Waals surface area contributed by atoms with Crippen LogP contribution < -0.4 is 5.73 Å². The average Bonchev–Trinajstić information content (AvgIpc) is 3.00. The third kappa shape index (κ3) is 3.11. The van der Waals surface area contributed by atoms with Crippen molar-refractivity contribution < 1.29 is 4.42 Å². The van der Waals surface area contributed by atoms with Crippen molar-refractivity contribution in [1.29, 1.82) is 0 Å². The van der Waals surface area contributed by atoms with E-state index in [1.165, 1.54) is 12.8 Å². The second-order valence-electron chi connectivity index (χ2n) is 5.43. The largest absolute Gasteiger partial charge is 0.465 e. The Labute approximate surface area is 104 Å². The highest BCUT2D eigenvalue weighted by Crippen LogP contribution is 2.34. The maximum atomic E-state index is 5.95. The Hall–Kier alpha value is -0.800. The zero-order valence-corrected chi connectivity index (χ0v) is 11.1. The summed E-state index contributed by atoms with van der Waals surface area (Å²) in [5.41, 5.74) is 5.95. The monoisotopic (exact) mass is 236 g/mol. The lowest BCUT2D eigenvalue weighted by Crippen LogP contribution is -2.39. The summed E-state index contributed by atoms with van der Waals surface area (Å²) in [7, 11) is 0. The van der Waals surface area contributed by atoms with Crippen LogP contribution in [0, 0.1) is 12.8 Å². The van der Waals surface area contributed by atoms with Gasteiger partial charge in [-0.3, -0.25) is 4.90 Å². The van der Waals surface area contributed by atoms with Gasteiger partial charge in [0.25, 0.3) is 0 Å². The molecule has 1 aliphatic carbocycles. The third-order valence-corrected chi connectivity index (χ3v) is 3.54. The summed E-state index contributed by atoms with van der Waals surface area (Å²) in [6.07, 6.45) is 2.75. The molecule has 1 aromatic heterocycles. The molecule has 0 spiro atoms. The molecule has 3 heteroatoms. The normalized spacial score (nSPS) is 18.0. The molecule has 0 aliphatic heterocycles. The molecule has 1 heterocycles. The minimum absolute atomic E-state index is 0.226. The van der Waals surface area contributed by atoms with Crippen LogP contribution in [0.2, 0.25) is 0 Å². The Morgan fingerprint density at radius 1 is 1.41 bits per heavy atom. The van der Waals surface area contributed by atoms with Gasteiger partial charge in [-0.1, -0.05) is 0 Å². The number of hydrogen-bond acceptors (Lipinski definition) is 3. The molecule has 0 radical (unpaired) electrons. The highest BCUT2D eigenvalue weighted by molar-refractivity contribution is 5.11. The fraction of sp³-hybridized carbons (Fsp3) is 0.714. The van der Waals surface area contributed by atoms with E-state index in [4.69, 9.17) is 10.2 Å². The second-order valence-corrected chi connectivity index (χ2v) is 5.43. The zero-order chi connectivity index (χ0) is 12.4. The molecule has 17 heavy (non-hydrogen) atoms. The molecule has 2 rings (SSSR count). The fourth-order valence-corrected chi connectivity index (χ4v) is 2.34. The van der Waals surface area contributed by atoms with Crippen LogP contribution in [-0.4, -0.2) is 24.0 Å². The van der Waals surface area contributed by atoms with Gasteiger partial charge in [0.05, 0.1) is 6.04 Å². The SMILES string of the molecule is Cc1ccc(C(CN)N(CC2CC2)C(C)C)o1. The maximum Gasteiger partial charge on any atom is 0.122 e. The van der Waals surface area contributed by atoms with Crippen molar-refractivity contribution in [2.24, 2.45) is 11.7 Å². The summed E-state index contributed by atoms with van der Waals surface area (Å²) < 4.78 is 5.75.